The number of nitrogens with one attached hydrogen (secondary N) is 1. The van der Waals surface area contributed by atoms with Crippen LogP contribution in [0, 0.1) is 0 Å². The normalized spacial score (nSPS) is 19.3. The van der Waals surface area contributed by atoms with E-state index < -0.39 is 6.10 Å². The van der Waals surface area contributed by atoms with Gasteiger partial charge in [-0.2, -0.15) is 0 Å². The number of rotatable bonds is 11. The third-order valence-corrected chi connectivity index (χ3v) is 7.89. The van der Waals surface area contributed by atoms with Gasteiger partial charge in [-0.1, -0.05) is 53.7 Å². The van der Waals surface area contributed by atoms with E-state index in [-0.39, 0.29) is 17.4 Å². The minimum Gasteiger partial charge on any atom is -0.394 e. The zero-order chi connectivity index (χ0) is 24.9. The number of nitrogens with zero attached hydrogens (tertiary/aromatic N) is 2. The van der Waals surface area contributed by atoms with Gasteiger partial charge in [0.2, 0.25) is 0 Å². The van der Waals surface area contributed by atoms with Crippen molar-refractivity contribution in [3.63, 3.8) is 0 Å². The minimum atomic E-state index is -0.705. The molecular weight excluding hydrogens is 422 g/mol. The fraction of sp³-hybridized carbons (Fsp3) is 0.655. The van der Waals surface area contributed by atoms with E-state index in [9.17, 15) is 5.11 Å². The topological polar surface area (TPSA) is 78.3 Å². The summed E-state index contributed by atoms with van der Waals surface area (Å²) in [6, 6.07) is 9.27. The second kappa shape index (κ2) is 11.3. The second-order valence-electron chi connectivity index (χ2n) is 11.4. The van der Waals surface area contributed by atoms with E-state index in [4.69, 9.17) is 10.1 Å². The van der Waals surface area contributed by atoms with Crippen molar-refractivity contribution in [1.82, 2.24) is 15.3 Å². The number of hydrogen-bond acceptors (Lipinski definition) is 5. The van der Waals surface area contributed by atoms with Gasteiger partial charge in [-0.3, -0.25) is 0 Å². The lowest BCUT2D eigenvalue weighted by atomic mass is 9.63. The van der Waals surface area contributed by atoms with Crippen molar-refractivity contribution in [2.45, 2.75) is 109 Å². The third-order valence-electron chi connectivity index (χ3n) is 7.89. The molecule has 34 heavy (non-hydrogen) atoms. The molecule has 0 bridgehead atoms. The SMILES string of the molecule is CCC(CCC(CC)c1nccc(-c2ccc3c(c2)C(C)(C)CCC3(C)C)n1)NCC(O)CO. The summed E-state index contributed by atoms with van der Waals surface area (Å²) in [6.45, 7) is 14.0. The molecular formula is C29H45N3O2. The first-order chi connectivity index (χ1) is 16.1. The van der Waals surface area contributed by atoms with E-state index in [0.29, 0.717) is 18.5 Å². The summed E-state index contributed by atoms with van der Waals surface area (Å²) in [7, 11) is 0. The lowest BCUT2D eigenvalue weighted by Gasteiger charge is -2.42. The highest BCUT2D eigenvalue weighted by atomic mass is 16.3. The molecule has 3 rings (SSSR count). The molecule has 1 aliphatic carbocycles. The molecule has 3 unspecified atom stereocenters. The van der Waals surface area contributed by atoms with Crippen molar-refractivity contribution in [1.29, 1.82) is 0 Å². The van der Waals surface area contributed by atoms with Crippen LogP contribution in [0.1, 0.15) is 103 Å². The molecule has 0 fully saturated rings. The highest BCUT2D eigenvalue weighted by molar-refractivity contribution is 5.62. The van der Waals surface area contributed by atoms with Crippen molar-refractivity contribution < 1.29 is 10.2 Å². The summed E-state index contributed by atoms with van der Waals surface area (Å²) in [5, 5.41) is 22.1. The first-order valence-corrected chi connectivity index (χ1v) is 13.1. The van der Waals surface area contributed by atoms with Crippen LogP contribution < -0.4 is 5.32 Å². The fourth-order valence-corrected chi connectivity index (χ4v) is 5.22. The van der Waals surface area contributed by atoms with Gasteiger partial charge in [0.1, 0.15) is 5.82 Å². The first kappa shape index (κ1) is 26.8. The Labute approximate surface area is 206 Å². The molecule has 3 atom stereocenters. The van der Waals surface area contributed by atoms with Crippen LogP contribution >= 0.6 is 0 Å². The Hall–Kier alpha value is -1.82. The number of benzene rings is 1. The number of aliphatic hydroxyl groups is 2. The van der Waals surface area contributed by atoms with E-state index in [1.807, 2.05) is 12.3 Å². The number of aliphatic hydroxyl groups excluding tert-OH is 2. The summed E-state index contributed by atoms with van der Waals surface area (Å²) in [5.41, 5.74) is 5.49. The van der Waals surface area contributed by atoms with Crippen LogP contribution in [0.15, 0.2) is 30.5 Å². The summed E-state index contributed by atoms with van der Waals surface area (Å²) < 4.78 is 0. The predicted octanol–water partition coefficient (Wildman–Crippen LogP) is 5.49. The van der Waals surface area contributed by atoms with E-state index in [1.165, 1.54) is 29.5 Å². The van der Waals surface area contributed by atoms with Gasteiger partial charge in [-0.25, -0.2) is 9.97 Å². The van der Waals surface area contributed by atoms with Crippen LogP contribution in [-0.2, 0) is 10.8 Å². The minimum absolute atomic E-state index is 0.175. The largest absolute Gasteiger partial charge is 0.394 e. The van der Waals surface area contributed by atoms with Crippen LogP contribution in [0.5, 0.6) is 0 Å². The Morgan fingerprint density at radius 2 is 1.68 bits per heavy atom. The zero-order valence-electron chi connectivity index (χ0n) is 22.1. The average molecular weight is 468 g/mol. The lowest BCUT2D eigenvalue weighted by Crippen LogP contribution is -2.36. The van der Waals surface area contributed by atoms with Gasteiger partial charge >= 0.3 is 0 Å². The average Bonchev–Trinajstić information content (AvgIpc) is 2.84. The molecule has 5 nitrogen and oxygen atoms in total. The van der Waals surface area contributed by atoms with Crippen LogP contribution in [0.2, 0.25) is 0 Å². The van der Waals surface area contributed by atoms with Crippen molar-refractivity contribution in [3.8, 4) is 11.3 Å². The molecule has 1 heterocycles. The highest BCUT2D eigenvalue weighted by Gasteiger charge is 2.37. The maximum Gasteiger partial charge on any atom is 0.132 e. The Bertz CT molecular complexity index is 941. The Morgan fingerprint density at radius 1 is 0.971 bits per heavy atom. The molecule has 0 saturated heterocycles. The molecule has 0 radical (unpaired) electrons. The number of fused-ring (bicyclic) bond motifs is 1. The predicted molar refractivity (Wildman–Crippen MR) is 140 cm³/mol. The molecule has 0 amide bonds. The summed E-state index contributed by atoms with van der Waals surface area (Å²) in [6.07, 6.45) is 7.57. The molecule has 0 saturated carbocycles. The van der Waals surface area contributed by atoms with E-state index in [2.05, 4.69) is 70.0 Å². The number of hydrogen-bond donors (Lipinski definition) is 3. The van der Waals surface area contributed by atoms with Gasteiger partial charge in [0, 0.05) is 30.3 Å². The van der Waals surface area contributed by atoms with Crippen molar-refractivity contribution in [2.75, 3.05) is 13.2 Å². The maximum atomic E-state index is 9.65. The van der Waals surface area contributed by atoms with Crippen LogP contribution in [-0.4, -0.2) is 45.5 Å². The standard InChI is InChI=1S/C29H45N3O2/c1-7-20(9-11-22(8-2)31-18-23(34)19-33)27-30-16-13-26(32-27)21-10-12-24-25(17-21)29(5,6)15-14-28(24,3)4/h10,12-13,16-17,20,22-23,31,33-34H,7-9,11,14-15,18-19H2,1-6H3. The molecule has 0 aliphatic heterocycles. The molecule has 0 spiro atoms. The van der Waals surface area contributed by atoms with E-state index >= 15 is 0 Å². The highest BCUT2D eigenvalue weighted by Crippen LogP contribution is 2.46. The van der Waals surface area contributed by atoms with Crippen molar-refractivity contribution in [2.24, 2.45) is 0 Å². The van der Waals surface area contributed by atoms with Gasteiger partial charge in [0.25, 0.3) is 0 Å². The van der Waals surface area contributed by atoms with Gasteiger partial charge in [0.15, 0.2) is 0 Å². The van der Waals surface area contributed by atoms with Crippen LogP contribution in [0.4, 0.5) is 0 Å². The van der Waals surface area contributed by atoms with Crippen LogP contribution in [0.25, 0.3) is 11.3 Å². The van der Waals surface area contributed by atoms with Crippen molar-refractivity contribution in [3.05, 3.63) is 47.4 Å². The fourth-order valence-electron chi connectivity index (χ4n) is 5.22. The smallest absolute Gasteiger partial charge is 0.132 e. The van der Waals surface area contributed by atoms with E-state index in [1.54, 1.807) is 0 Å². The molecule has 3 N–H and O–H groups in total. The molecule has 188 valence electrons. The Kier molecular flexibility index (Phi) is 8.88. The van der Waals surface area contributed by atoms with Crippen molar-refractivity contribution >= 4 is 0 Å². The number of aromatic nitrogens is 2. The monoisotopic (exact) mass is 467 g/mol. The van der Waals surface area contributed by atoms with Crippen LogP contribution in [0.3, 0.4) is 0 Å². The second-order valence-corrected chi connectivity index (χ2v) is 11.4. The summed E-state index contributed by atoms with van der Waals surface area (Å²) in [4.78, 5) is 9.70. The maximum absolute atomic E-state index is 9.65. The zero-order valence-corrected chi connectivity index (χ0v) is 22.1. The summed E-state index contributed by atoms with van der Waals surface area (Å²) >= 11 is 0. The third kappa shape index (κ3) is 6.24. The molecule has 1 aliphatic rings. The Balaban J connectivity index is 1.78. The van der Waals surface area contributed by atoms with E-state index in [0.717, 1.165) is 37.2 Å². The van der Waals surface area contributed by atoms with Gasteiger partial charge in [-0.15, -0.1) is 0 Å². The quantitative estimate of drug-likeness (QED) is 0.407. The summed E-state index contributed by atoms with van der Waals surface area (Å²) in [5.74, 6) is 1.22. The lowest BCUT2D eigenvalue weighted by molar-refractivity contribution is 0.0912. The first-order valence-electron chi connectivity index (χ1n) is 13.1. The molecule has 2 aromatic rings. The van der Waals surface area contributed by atoms with Gasteiger partial charge in [0.05, 0.1) is 18.4 Å². The molecule has 5 heteroatoms. The van der Waals surface area contributed by atoms with Gasteiger partial charge in [-0.05, 0) is 72.6 Å². The molecule has 1 aromatic carbocycles. The molecule has 1 aromatic heterocycles. The van der Waals surface area contributed by atoms with Gasteiger partial charge < -0.3 is 15.5 Å². The Morgan fingerprint density at radius 3 is 2.32 bits per heavy atom.